The van der Waals surface area contributed by atoms with Gasteiger partial charge in [-0.15, -0.1) is 23.7 Å². The molecule has 0 aliphatic carbocycles. The van der Waals surface area contributed by atoms with Gasteiger partial charge in [-0.1, -0.05) is 19.4 Å². The molecule has 1 unspecified atom stereocenters. The van der Waals surface area contributed by atoms with Crippen molar-refractivity contribution in [3.8, 4) is 0 Å². The molecule has 1 heterocycles. The first-order chi connectivity index (χ1) is 10.8. The average molecular weight is 376 g/mol. The molecule has 0 spiro atoms. The van der Waals surface area contributed by atoms with Gasteiger partial charge < -0.3 is 11.1 Å². The molecule has 0 aliphatic rings. The van der Waals surface area contributed by atoms with E-state index in [1.54, 1.807) is 13.1 Å². The van der Waals surface area contributed by atoms with Crippen LogP contribution in [0.3, 0.4) is 0 Å². The number of carbonyl (C=O) groups excluding carboxylic acids is 1. The molecular formula is C16H20ClF2N3OS. The second-order valence-electron chi connectivity index (χ2n) is 5.67. The van der Waals surface area contributed by atoms with Crippen molar-refractivity contribution < 1.29 is 13.6 Å². The van der Waals surface area contributed by atoms with Gasteiger partial charge in [0.05, 0.1) is 5.54 Å². The van der Waals surface area contributed by atoms with E-state index in [9.17, 15) is 13.6 Å². The van der Waals surface area contributed by atoms with Crippen molar-refractivity contribution in [2.75, 3.05) is 5.32 Å². The maximum absolute atomic E-state index is 13.7. The molecule has 24 heavy (non-hydrogen) atoms. The van der Waals surface area contributed by atoms with Gasteiger partial charge in [-0.3, -0.25) is 4.79 Å². The van der Waals surface area contributed by atoms with Gasteiger partial charge in [0.2, 0.25) is 5.91 Å². The van der Waals surface area contributed by atoms with Crippen LogP contribution in [-0.2, 0) is 11.2 Å². The van der Waals surface area contributed by atoms with Crippen LogP contribution in [0, 0.1) is 11.6 Å². The van der Waals surface area contributed by atoms with Crippen LogP contribution in [-0.4, -0.2) is 16.4 Å². The number of carbonyl (C=O) groups is 1. The Balaban J connectivity index is 0.00000288. The monoisotopic (exact) mass is 375 g/mol. The Morgan fingerprint density at radius 1 is 1.42 bits per heavy atom. The Bertz CT molecular complexity index is 706. The normalized spacial score (nSPS) is 13.0. The van der Waals surface area contributed by atoms with E-state index >= 15 is 0 Å². The summed E-state index contributed by atoms with van der Waals surface area (Å²) in [7, 11) is 0. The highest BCUT2D eigenvalue weighted by Gasteiger charge is 2.27. The van der Waals surface area contributed by atoms with Gasteiger partial charge in [-0.05, 0) is 25.0 Å². The van der Waals surface area contributed by atoms with Crippen LogP contribution in [0.4, 0.5) is 13.9 Å². The van der Waals surface area contributed by atoms with Crippen molar-refractivity contribution in [3.05, 3.63) is 46.5 Å². The van der Waals surface area contributed by atoms with Crippen molar-refractivity contribution in [2.45, 2.75) is 38.6 Å². The van der Waals surface area contributed by atoms with Gasteiger partial charge in [0, 0.05) is 23.6 Å². The second kappa shape index (κ2) is 8.50. The van der Waals surface area contributed by atoms with Gasteiger partial charge in [0.15, 0.2) is 5.13 Å². The smallest absolute Gasteiger partial charge is 0.245 e. The molecule has 2 aromatic rings. The summed E-state index contributed by atoms with van der Waals surface area (Å²) in [4.78, 5) is 17.0. The summed E-state index contributed by atoms with van der Waals surface area (Å²) in [5.41, 5.74) is 5.39. The maximum atomic E-state index is 13.7. The molecule has 132 valence electrons. The highest BCUT2D eigenvalue weighted by molar-refractivity contribution is 7.15. The van der Waals surface area contributed by atoms with E-state index in [0.29, 0.717) is 17.1 Å². The first-order valence-electron chi connectivity index (χ1n) is 7.31. The summed E-state index contributed by atoms with van der Waals surface area (Å²) < 4.78 is 26.6. The van der Waals surface area contributed by atoms with Crippen LogP contribution in [0.2, 0.25) is 0 Å². The summed E-state index contributed by atoms with van der Waals surface area (Å²) >= 11 is 1.24. The third kappa shape index (κ3) is 5.22. The second-order valence-corrected chi connectivity index (χ2v) is 6.78. The minimum atomic E-state index is -0.955. The Hall–Kier alpha value is -1.57. The van der Waals surface area contributed by atoms with E-state index in [1.165, 1.54) is 23.5 Å². The van der Waals surface area contributed by atoms with E-state index in [2.05, 4.69) is 10.3 Å². The predicted molar refractivity (Wildman–Crippen MR) is 94.7 cm³/mol. The van der Waals surface area contributed by atoms with Crippen LogP contribution >= 0.6 is 23.7 Å². The lowest BCUT2D eigenvalue weighted by molar-refractivity contribution is -0.120. The molecule has 2 rings (SSSR count). The summed E-state index contributed by atoms with van der Waals surface area (Å²) in [5, 5.41) is 3.10. The zero-order valence-electron chi connectivity index (χ0n) is 13.4. The Kier molecular flexibility index (Phi) is 7.26. The summed E-state index contributed by atoms with van der Waals surface area (Å²) in [6.07, 6.45) is 3.22. The molecular weight excluding hydrogens is 356 g/mol. The predicted octanol–water partition coefficient (Wildman–Crippen LogP) is 3.89. The van der Waals surface area contributed by atoms with Crippen LogP contribution < -0.4 is 11.1 Å². The number of rotatable bonds is 6. The van der Waals surface area contributed by atoms with Crippen molar-refractivity contribution in [3.63, 3.8) is 0 Å². The van der Waals surface area contributed by atoms with Crippen molar-refractivity contribution in [1.82, 2.24) is 4.98 Å². The standard InChI is InChI=1S/C16H19F2N3OS.ClH/c1-3-6-16(2,19)14(22)21-15-20-9-12(23-15)7-10-4-5-11(17)8-13(10)18;/h4-5,8-9H,3,6-7,19H2,1-2H3,(H,20,21,22);1H. The molecule has 0 fully saturated rings. The number of amides is 1. The molecule has 1 aromatic carbocycles. The fourth-order valence-electron chi connectivity index (χ4n) is 2.17. The topological polar surface area (TPSA) is 68.0 Å². The van der Waals surface area contributed by atoms with E-state index in [4.69, 9.17) is 5.73 Å². The van der Waals surface area contributed by atoms with Gasteiger partial charge in [-0.25, -0.2) is 13.8 Å². The molecule has 1 atom stereocenters. The molecule has 8 heteroatoms. The SMILES string of the molecule is CCCC(C)(N)C(=O)Nc1ncc(Cc2ccc(F)cc2F)s1.Cl. The maximum Gasteiger partial charge on any atom is 0.245 e. The minimum absolute atomic E-state index is 0. The first-order valence-corrected chi connectivity index (χ1v) is 8.12. The quantitative estimate of drug-likeness (QED) is 0.804. The molecule has 1 aromatic heterocycles. The van der Waals surface area contributed by atoms with Crippen molar-refractivity contribution in [2.24, 2.45) is 5.73 Å². The fourth-order valence-corrected chi connectivity index (χ4v) is 3.00. The minimum Gasteiger partial charge on any atom is -0.318 e. The summed E-state index contributed by atoms with van der Waals surface area (Å²) in [5.74, 6) is -1.50. The van der Waals surface area contributed by atoms with Crippen LogP contribution in [0.25, 0.3) is 0 Å². The fraction of sp³-hybridized carbons (Fsp3) is 0.375. The lowest BCUT2D eigenvalue weighted by Gasteiger charge is -2.21. The largest absolute Gasteiger partial charge is 0.318 e. The van der Waals surface area contributed by atoms with E-state index in [0.717, 1.165) is 17.4 Å². The summed E-state index contributed by atoms with van der Waals surface area (Å²) in [6, 6.07) is 3.47. The van der Waals surface area contributed by atoms with E-state index in [-0.39, 0.29) is 24.7 Å². The van der Waals surface area contributed by atoms with Gasteiger partial charge in [0.25, 0.3) is 0 Å². The third-order valence-corrected chi connectivity index (χ3v) is 4.35. The molecule has 0 saturated heterocycles. The number of nitrogens with one attached hydrogen (secondary N) is 1. The Morgan fingerprint density at radius 3 is 2.75 bits per heavy atom. The Morgan fingerprint density at radius 2 is 2.12 bits per heavy atom. The zero-order chi connectivity index (χ0) is 17.0. The third-order valence-electron chi connectivity index (χ3n) is 3.44. The summed E-state index contributed by atoms with van der Waals surface area (Å²) in [6.45, 7) is 3.63. The van der Waals surface area contributed by atoms with E-state index < -0.39 is 17.2 Å². The number of anilines is 1. The molecule has 0 bridgehead atoms. The highest BCUT2D eigenvalue weighted by Crippen LogP contribution is 2.23. The lowest BCUT2D eigenvalue weighted by atomic mass is 9.97. The zero-order valence-corrected chi connectivity index (χ0v) is 15.1. The van der Waals surface area contributed by atoms with Crippen molar-refractivity contribution >= 4 is 34.8 Å². The molecule has 0 saturated carbocycles. The number of nitrogens with zero attached hydrogens (tertiary/aromatic N) is 1. The lowest BCUT2D eigenvalue weighted by Crippen LogP contribution is -2.48. The molecule has 1 amide bonds. The van der Waals surface area contributed by atoms with Crippen LogP contribution in [0.1, 0.15) is 37.1 Å². The number of thiazole rings is 1. The van der Waals surface area contributed by atoms with Crippen LogP contribution in [0.5, 0.6) is 0 Å². The number of nitrogens with two attached hydrogens (primary N) is 1. The molecule has 0 radical (unpaired) electrons. The number of aromatic nitrogens is 1. The molecule has 0 aliphatic heterocycles. The molecule has 4 nitrogen and oxygen atoms in total. The number of halogens is 3. The highest BCUT2D eigenvalue weighted by atomic mass is 35.5. The van der Waals surface area contributed by atoms with E-state index in [1.807, 2.05) is 6.92 Å². The average Bonchev–Trinajstić information content (AvgIpc) is 2.89. The van der Waals surface area contributed by atoms with Gasteiger partial charge >= 0.3 is 0 Å². The number of benzene rings is 1. The van der Waals surface area contributed by atoms with Gasteiger partial charge in [-0.2, -0.15) is 0 Å². The van der Waals surface area contributed by atoms with Crippen LogP contribution in [0.15, 0.2) is 24.4 Å². The van der Waals surface area contributed by atoms with Gasteiger partial charge in [0.1, 0.15) is 11.6 Å². The number of hydrogen-bond donors (Lipinski definition) is 2. The first kappa shape index (κ1) is 20.5. The Labute approximate surface area is 149 Å². The van der Waals surface area contributed by atoms with Crippen molar-refractivity contribution in [1.29, 1.82) is 0 Å². The number of hydrogen-bond acceptors (Lipinski definition) is 4. The molecule has 3 N–H and O–H groups in total.